The molecule has 5 nitrogen and oxygen atoms in total. The van der Waals surface area contributed by atoms with Crippen LogP contribution < -0.4 is 15.0 Å². The van der Waals surface area contributed by atoms with Gasteiger partial charge in [-0.15, -0.1) is 0 Å². The molecule has 2 aromatic carbocycles. The lowest BCUT2D eigenvalue weighted by atomic mass is 9.97. The Balaban J connectivity index is 1.71. The second-order valence-electron chi connectivity index (χ2n) is 10.3. The molecule has 0 bridgehead atoms. The third-order valence-corrected chi connectivity index (χ3v) is 5.45. The Hall–Kier alpha value is -2.95. The van der Waals surface area contributed by atoms with Crippen LogP contribution in [-0.4, -0.2) is 29.8 Å². The molecule has 0 spiro atoms. The molecular weight excluding hydrogens is 412 g/mol. The first-order valence-electron chi connectivity index (χ1n) is 11.8. The Morgan fingerprint density at radius 2 is 1.73 bits per heavy atom. The van der Waals surface area contributed by atoms with Crippen molar-refractivity contribution in [2.45, 2.75) is 77.7 Å². The maximum atomic E-state index is 12.4. The lowest BCUT2D eigenvalue weighted by molar-refractivity contribution is 0.0474. The van der Waals surface area contributed by atoms with Gasteiger partial charge in [0.1, 0.15) is 18.0 Å². The molecule has 1 unspecified atom stereocenters. The molecule has 0 aromatic heterocycles. The molecule has 1 N–H and O–H groups in total. The fourth-order valence-corrected chi connectivity index (χ4v) is 3.97. The molecule has 0 heterocycles. The van der Waals surface area contributed by atoms with Crippen LogP contribution in [0.4, 0.5) is 10.5 Å². The first-order chi connectivity index (χ1) is 15.6. The molecule has 0 radical (unpaired) electrons. The zero-order valence-electron chi connectivity index (χ0n) is 20.6. The van der Waals surface area contributed by atoms with Gasteiger partial charge in [0.05, 0.1) is 5.54 Å². The molecule has 3 rings (SSSR count). The summed E-state index contributed by atoms with van der Waals surface area (Å²) in [7, 11) is 0. The molecule has 33 heavy (non-hydrogen) atoms. The fraction of sp³-hybridized carbons (Fsp3) is 0.464. The van der Waals surface area contributed by atoms with E-state index in [0.717, 1.165) is 36.3 Å². The smallest absolute Gasteiger partial charge is 0.408 e. The molecule has 0 saturated carbocycles. The number of carbonyl (C=O) groups is 1. The van der Waals surface area contributed by atoms with Crippen LogP contribution in [0, 0.1) is 0 Å². The summed E-state index contributed by atoms with van der Waals surface area (Å²) in [5.74, 6) is 0.841. The SMILES string of the molecule is CC(C)(CN(c1ccc(OCc2ccccc2)cc1)C1C=CCCC1)NC(=O)OC(C)(C)C. The van der Waals surface area contributed by atoms with Crippen LogP contribution in [0.3, 0.4) is 0 Å². The number of amides is 1. The monoisotopic (exact) mass is 450 g/mol. The van der Waals surface area contributed by atoms with Crippen molar-refractivity contribution in [2.75, 3.05) is 11.4 Å². The van der Waals surface area contributed by atoms with Gasteiger partial charge < -0.3 is 19.7 Å². The topological polar surface area (TPSA) is 50.8 Å². The molecule has 1 atom stereocenters. The molecule has 5 heteroatoms. The van der Waals surface area contributed by atoms with Crippen molar-refractivity contribution in [1.82, 2.24) is 5.32 Å². The number of hydrogen-bond donors (Lipinski definition) is 1. The van der Waals surface area contributed by atoms with Gasteiger partial charge in [-0.1, -0.05) is 42.5 Å². The Kier molecular flexibility index (Phi) is 8.06. The zero-order valence-corrected chi connectivity index (χ0v) is 20.6. The number of rotatable bonds is 8. The highest BCUT2D eigenvalue weighted by Crippen LogP contribution is 2.28. The van der Waals surface area contributed by atoms with E-state index in [9.17, 15) is 4.79 Å². The highest BCUT2D eigenvalue weighted by molar-refractivity contribution is 5.69. The van der Waals surface area contributed by atoms with Gasteiger partial charge in [-0.05, 0) is 83.7 Å². The van der Waals surface area contributed by atoms with Gasteiger partial charge in [-0.25, -0.2) is 4.79 Å². The van der Waals surface area contributed by atoms with Crippen LogP contribution in [0.15, 0.2) is 66.7 Å². The number of anilines is 1. The first-order valence-corrected chi connectivity index (χ1v) is 11.8. The van der Waals surface area contributed by atoms with Crippen LogP contribution in [0.25, 0.3) is 0 Å². The normalized spacial score (nSPS) is 16.2. The van der Waals surface area contributed by atoms with Crippen molar-refractivity contribution in [1.29, 1.82) is 0 Å². The van der Waals surface area contributed by atoms with Crippen molar-refractivity contribution in [2.24, 2.45) is 0 Å². The largest absolute Gasteiger partial charge is 0.489 e. The van der Waals surface area contributed by atoms with Crippen LogP contribution in [-0.2, 0) is 11.3 Å². The van der Waals surface area contributed by atoms with Crippen molar-refractivity contribution < 1.29 is 14.3 Å². The maximum absolute atomic E-state index is 12.4. The highest BCUT2D eigenvalue weighted by Gasteiger charge is 2.30. The molecule has 0 fully saturated rings. The molecule has 1 amide bonds. The van der Waals surface area contributed by atoms with Gasteiger partial charge in [-0.2, -0.15) is 0 Å². The summed E-state index contributed by atoms with van der Waals surface area (Å²) in [5.41, 5.74) is 1.25. The number of alkyl carbamates (subject to hydrolysis) is 1. The third kappa shape index (κ3) is 8.16. The van der Waals surface area contributed by atoms with Crippen LogP contribution in [0.5, 0.6) is 5.75 Å². The van der Waals surface area contributed by atoms with Gasteiger partial charge in [0.2, 0.25) is 0 Å². The Labute approximate surface area is 198 Å². The predicted octanol–water partition coefficient (Wildman–Crippen LogP) is 6.48. The second kappa shape index (κ2) is 10.8. The summed E-state index contributed by atoms with van der Waals surface area (Å²) in [4.78, 5) is 14.8. The van der Waals surface area contributed by atoms with E-state index in [1.165, 1.54) is 0 Å². The standard InChI is InChI=1S/C28H38N2O3/c1-27(2,3)33-26(31)29-28(4,5)21-30(23-14-10-7-11-15-23)24-16-18-25(19-17-24)32-20-22-12-8-6-9-13-22/h6,8-10,12-14,16-19,23H,7,11,15,20-21H2,1-5H3,(H,29,31). The maximum Gasteiger partial charge on any atom is 0.408 e. The number of hydrogen-bond acceptors (Lipinski definition) is 4. The number of nitrogens with zero attached hydrogens (tertiary/aromatic N) is 1. The van der Waals surface area contributed by atoms with Crippen molar-refractivity contribution >= 4 is 11.8 Å². The lowest BCUT2D eigenvalue weighted by Gasteiger charge is -2.40. The summed E-state index contributed by atoms with van der Waals surface area (Å²) in [6.45, 7) is 10.9. The Morgan fingerprint density at radius 3 is 2.33 bits per heavy atom. The molecule has 0 aliphatic heterocycles. The minimum absolute atomic E-state index is 0.287. The van der Waals surface area contributed by atoms with Crippen LogP contribution in [0.2, 0.25) is 0 Å². The fourth-order valence-electron chi connectivity index (χ4n) is 3.97. The van der Waals surface area contributed by atoms with E-state index in [4.69, 9.17) is 9.47 Å². The number of benzene rings is 2. The van der Waals surface area contributed by atoms with E-state index < -0.39 is 17.2 Å². The van der Waals surface area contributed by atoms with Gasteiger partial charge in [0.25, 0.3) is 0 Å². The molecule has 0 saturated heterocycles. The Bertz CT molecular complexity index is 914. The molecule has 1 aliphatic rings. The van der Waals surface area contributed by atoms with Crippen molar-refractivity contribution in [3.63, 3.8) is 0 Å². The lowest BCUT2D eigenvalue weighted by Crippen LogP contribution is -2.54. The minimum Gasteiger partial charge on any atom is -0.489 e. The van der Waals surface area contributed by atoms with Gasteiger partial charge in [-0.3, -0.25) is 0 Å². The Morgan fingerprint density at radius 1 is 1.03 bits per heavy atom. The molecule has 1 aliphatic carbocycles. The third-order valence-electron chi connectivity index (χ3n) is 5.45. The van der Waals surface area contributed by atoms with Crippen molar-refractivity contribution in [3.05, 3.63) is 72.3 Å². The van der Waals surface area contributed by atoms with Gasteiger partial charge >= 0.3 is 6.09 Å². The summed E-state index contributed by atoms with van der Waals surface area (Å²) in [5, 5.41) is 3.05. The molecule has 178 valence electrons. The molecule has 2 aromatic rings. The van der Waals surface area contributed by atoms with Crippen LogP contribution in [0.1, 0.15) is 59.4 Å². The predicted molar refractivity (Wildman–Crippen MR) is 135 cm³/mol. The van der Waals surface area contributed by atoms with Gasteiger partial charge in [0, 0.05) is 18.3 Å². The van der Waals surface area contributed by atoms with Crippen LogP contribution >= 0.6 is 0 Å². The highest BCUT2D eigenvalue weighted by atomic mass is 16.6. The quantitative estimate of drug-likeness (QED) is 0.467. The minimum atomic E-state index is -0.526. The van der Waals surface area contributed by atoms with Gasteiger partial charge in [0.15, 0.2) is 0 Å². The van der Waals surface area contributed by atoms with E-state index in [1.807, 2.05) is 65.0 Å². The summed E-state index contributed by atoms with van der Waals surface area (Å²) in [6.07, 6.45) is 7.52. The van der Waals surface area contributed by atoms with Crippen molar-refractivity contribution in [3.8, 4) is 5.75 Å². The van der Waals surface area contributed by atoms with E-state index in [-0.39, 0.29) is 6.04 Å². The first kappa shape index (κ1) is 24.7. The zero-order chi connectivity index (χ0) is 23.9. The number of allylic oxidation sites excluding steroid dienone is 1. The van der Waals surface area contributed by atoms with E-state index in [2.05, 4.69) is 46.6 Å². The summed E-state index contributed by atoms with van der Waals surface area (Å²) in [6, 6.07) is 18.7. The van der Waals surface area contributed by atoms with E-state index >= 15 is 0 Å². The van der Waals surface area contributed by atoms with E-state index in [1.54, 1.807) is 0 Å². The average molecular weight is 451 g/mol. The second-order valence-corrected chi connectivity index (χ2v) is 10.3. The number of nitrogens with one attached hydrogen (secondary N) is 1. The summed E-state index contributed by atoms with van der Waals surface area (Å²) < 4.78 is 11.5. The average Bonchev–Trinajstić information content (AvgIpc) is 2.76. The number of ether oxygens (including phenoxy) is 2. The molecular formula is C28H38N2O3. The summed E-state index contributed by atoms with van der Waals surface area (Å²) >= 11 is 0. The number of carbonyl (C=O) groups excluding carboxylic acids is 1. The van der Waals surface area contributed by atoms with E-state index in [0.29, 0.717) is 13.2 Å².